The normalized spacial score (nSPS) is 51.7. The van der Waals surface area contributed by atoms with E-state index in [1.54, 1.807) is 0 Å². The number of hydrogen-bond donors (Lipinski definition) is 8. The second-order valence-corrected chi connectivity index (χ2v) is 5.57. The molecule has 2 aliphatic heterocycles. The van der Waals surface area contributed by atoms with E-state index in [-0.39, 0.29) is 0 Å². The van der Waals surface area contributed by atoms with Gasteiger partial charge in [0.25, 0.3) is 0 Å². The van der Waals surface area contributed by atoms with Gasteiger partial charge in [-0.3, -0.25) is 0 Å². The summed E-state index contributed by atoms with van der Waals surface area (Å²) in [6, 6.07) is 0. The molecule has 0 spiro atoms. The van der Waals surface area contributed by atoms with Crippen LogP contribution in [0.15, 0.2) is 0 Å². The van der Waals surface area contributed by atoms with E-state index in [0.29, 0.717) is 0 Å². The van der Waals surface area contributed by atoms with Crippen molar-refractivity contribution in [1.82, 2.24) is 0 Å². The molecule has 0 amide bonds. The van der Waals surface area contributed by atoms with Gasteiger partial charge in [0.05, 0.1) is 13.2 Å². The molecule has 2 heterocycles. The summed E-state index contributed by atoms with van der Waals surface area (Å²) in [5.41, 5.74) is 0. The minimum absolute atomic E-state index is 0.468. The van der Waals surface area contributed by atoms with E-state index in [2.05, 4.69) is 0 Å². The van der Waals surface area contributed by atoms with Crippen molar-refractivity contribution < 1.29 is 55.1 Å². The second kappa shape index (κ2) is 7.63. The summed E-state index contributed by atoms with van der Waals surface area (Å²) >= 11 is 0. The van der Waals surface area contributed by atoms with Crippen LogP contribution in [0.4, 0.5) is 0 Å². The van der Waals surface area contributed by atoms with Gasteiger partial charge in [-0.25, -0.2) is 0 Å². The smallest absolute Gasteiger partial charge is 0.186 e. The molecule has 11 heteroatoms. The van der Waals surface area contributed by atoms with Crippen molar-refractivity contribution >= 4 is 0 Å². The van der Waals surface area contributed by atoms with Crippen LogP contribution in [0.1, 0.15) is 0 Å². The van der Waals surface area contributed by atoms with Crippen molar-refractivity contribution in [3.63, 3.8) is 0 Å². The monoisotopic (exact) mass is 342 g/mol. The lowest BCUT2D eigenvalue weighted by Gasteiger charge is -2.41. The van der Waals surface area contributed by atoms with E-state index < -0.39 is 74.6 Å². The fourth-order valence-corrected chi connectivity index (χ4v) is 2.46. The Balaban J connectivity index is 1.94. The molecule has 0 saturated carbocycles. The van der Waals surface area contributed by atoms with Crippen LogP contribution in [0.3, 0.4) is 0 Å². The minimum atomic E-state index is -1.74. The molecule has 2 aliphatic rings. The summed E-state index contributed by atoms with van der Waals surface area (Å²) in [6.07, 6.45) is -15.3. The van der Waals surface area contributed by atoms with Gasteiger partial charge < -0.3 is 55.1 Å². The van der Waals surface area contributed by atoms with Crippen LogP contribution in [-0.4, -0.2) is 115 Å². The molecule has 0 aromatic heterocycles. The first-order valence-electron chi connectivity index (χ1n) is 7.07. The SMILES string of the molecule is OC[C@@H]1O[C@H](OC[C@H]2O[C@@H](O)[C@H](O)[C@H](O)[C@@H]2O)[C@H](O)[C@H](O)[C@@H]1O. The minimum Gasteiger partial charge on any atom is -0.394 e. The number of hydrogen-bond acceptors (Lipinski definition) is 11. The molecule has 2 saturated heterocycles. The van der Waals surface area contributed by atoms with Gasteiger partial charge in [-0.1, -0.05) is 0 Å². The molecule has 8 N–H and O–H groups in total. The highest BCUT2D eigenvalue weighted by Crippen LogP contribution is 2.24. The van der Waals surface area contributed by atoms with Crippen LogP contribution in [0.2, 0.25) is 0 Å². The van der Waals surface area contributed by atoms with E-state index >= 15 is 0 Å². The van der Waals surface area contributed by atoms with Gasteiger partial charge >= 0.3 is 0 Å². The predicted molar refractivity (Wildman–Crippen MR) is 68.6 cm³/mol. The summed E-state index contributed by atoms with van der Waals surface area (Å²) in [4.78, 5) is 0. The fourth-order valence-electron chi connectivity index (χ4n) is 2.46. The van der Waals surface area contributed by atoms with Crippen LogP contribution in [-0.2, 0) is 14.2 Å². The van der Waals surface area contributed by atoms with Gasteiger partial charge in [-0.2, -0.15) is 0 Å². The maximum atomic E-state index is 9.78. The fraction of sp³-hybridized carbons (Fsp3) is 1.00. The van der Waals surface area contributed by atoms with Gasteiger partial charge in [-0.05, 0) is 0 Å². The topological polar surface area (TPSA) is 190 Å². The van der Waals surface area contributed by atoms with Crippen LogP contribution < -0.4 is 0 Å². The summed E-state index contributed by atoms with van der Waals surface area (Å²) in [5, 5.41) is 76.1. The van der Waals surface area contributed by atoms with Gasteiger partial charge in [0.15, 0.2) is 12.6 Å². The molecule has 0 aliphatic carbocycles. The first-order chi connectivity index (χ1) is 10.8. The van der Waals surface area contributed by atoms with Crippen LogP contribution >= 0.6 is 0 Å². The van der Waals surface area contributed by atoms with Crippen molar-refractivity contribution in [2.24, 2.45) is 0 Å². The highest BCUT2D eigenvalue weighted by molar-refractivity contribution is 4.91. The zero-order valence-corrected chi connectivity index (χ0v) is 12.0. The molecule has 0 bridgehead atoms. The number of aliphatic hydroxyl groups excluding tert-OH is 8. The van der Waals surface area contributed by atoms with E-state index in [0.717, 1.165) is 0 Å². The molecule has 23 heavy (non-hydrogen) atoms. The number of ether oxygens (including phenoxy) is 3. The van der Waals surface area contributed by atoms with Gasteiger partial charge in [0.1, 0.15) is 48.8 Å². The average molecular weight is 342 g/mol. The Hall–Kier alpha value is -0.440. The Bertz CT molecular complexity index is 380. The molecule has 10 atom stereocenters. The molecule has 0 unspecified atom stereocenters. The predicted octanol–water partition coefficient (Wildman–Crippen LogP) is -5.40. The van der Waals surface area contributed by atoms with Crippen molar-refractivity contribution in [1.29, 1.82) is 0 Å². The van der Waals surface area contributed by atoms with E-state index in [1.807, 2.05) is 0 Å². The maximum Gasteiger partial charge on any atom is 0.186 e. The number of rotatable bonds is 4. The molecule has 0 radical (unpaired) electrons. The van der Waals surface area contributed by atoms with Crippen molar-refractivity contribution in [2.75, 3.05) is 13.2 Å². The molecule has 2 fully saturated rings. The van der Waals surface area contributed by atoms with Crippen LogP contribution in [0.5, 0.6) is 0 Å². The zero-order valence-electron chi connectivity index (χ0n) is 12.0. The summed E-state index contributed by atoms with van der Waals surface area (Å²) in [7, 11) is 0. The van der Waals surface area contributed by atoms with Crippen molar-refractivity contribution in [3.8, 4) is 0 Å². The second-order valence-electron chi connectivity index (χ2n) is 5.57. The lowest BCUT2D eigenvalue weighted by Crippen LogP contribution is -2.61. The third kappa shape index (κ3) is 3.81. The maximum absolute atomic E-state index is 9.78. The van der Waals surface area contributed by atoms with Crippen LogP contribution in [0, 0.1) is 0 Å². The van der Waals surface area contributed by atoms with Gasteiger partial charge in [-0.15, -0.1) is 0 Å². The first kappa shape index (κ1) is 18.9. The highest BCUT2D eigenvalue weighted by atomic mass is 16.7. The lowest BCUT2D eigenvalue weighted by molar-refractivity contribution is -0.325. The van der Waals surface area contributed by atoms with Crippen molar-refractivity contribution in [2.45, 2.75) is 61.4 Å². The Kier molecular flexibility index (Phi) is 6.27. The van der Waals surface area contributed by atoms with Crippen LogP contribution in [0.25, 0.3) is 0 Å². The number of aliphatic hydroxyl groups is 8. The van der Waals surface area contributed by atoms with E-state index in [9.17, 15) is 35.7 Å². The standard InChI is InChI=1S/C12H22O11/c13-1-3-5(14)8(17)10(19)12(23-3)21-2-4-6(15)7(16)9(18)11(20)22-4/h3-20H,1-2H2/t3-,4+,5+,6+,7+,8+,9+,10+,11+,12-/m0/s1. The Labute approximate surface area is 130 Å². The Morgan fingerprint density at radius 3 is 1.83 bits per heavy atom. The quantitative estimate of drug-likeness (QED) is 0.243. The molecular weight excluding hydrogens is 320 g/mol. The summed E-state index contributed by atoms with van der Waals surface area (Å²) in [6.45, 7) is -1.10. The van der Waals surface area contributed by atoms with Crippen molar-refractivity contribution in [3.05, 3.63) is 0 Å². The van der Waals surface area contributed by atoms with E-state index in [4.69, 9.17) is 19.3 Å². The largest absolute Gasteiger partial charge is 0.394 e. The molecule has 136 valence electrons. The average Bonchev–Trinajstić information content (AvgIpc) is 2.54. The molecule has 0 aromatic rings. The molecule has 0 aromatic carbocycles. The zero-order chi connectivity index (χ0) is 17.3. The highest BCUT2D eigenvalue weighted by Gasteiger charge is 2.46. The molecule has 2 rings (SSSR count). The molecule has 11 nitrogen and oxygen atoms in total. The van der Waals surface area contributed by atoms with Gasteiger partial charge in [0, 0.05) is 0 Å². The Morgan fingerprint density at radius 2 is 1.22 bits per heavy atom. The third-order valence-electron chi connectivity index (χ3n) is 3.96. The van der Waals surface area contributed by atoms with Gasteiger partial charge in [0.2, 0.25) is 0 Å². The Morgan fingerprint density at radius 1 is 0.652 bits per heavy atom. The molecular formula is C12H22O11. The third-order valence-corrected chi connectivity index (χ3v) is 3.96. The summed E-state index contributed by atoms with van der Waals surface area (Å²) in [5.74, 6) is 0. The summed E-state index contributed by atoms with van der Waals surface area (Å²) < 4.78 is 15.1. The van der Waals surface area contributed by atoms with E-state index in [1.165, 1.54) is 0 Å². The first-order valence-corrected chi connectivity index (χ1v) is 7.07. The lowest BCUT2D eigenvalue weighted by atomic mass is 9.98.